The first-order valence-electron chi connectivity index (χ1n) is 6.19. The zero-order chi connectivity index (χ0) is 13.7. The molecule has 0 radical (unpaired) electrons. The molecule has 2 aromatic rings. The number of carbonyl (C=O) groups excluding carboxylic acids is 1. The number of aliphatic hydroxyl groups is 1. The number of amides is 1. The van der Waals surface area contributed by atoms with E-state index < -0.39 is 6.10 Å². The maximum absolute atomic E-state index is 11.8. The lowest BCUT2D eigenvalue weighted by molar-refractivity contribution is 0.0905. The Labute approximate surface area is 111 Å². The van der Waals surface area contributed by atoms with Crippen LogP contribution in [0.1, 0.15) is 23.8 Å². The lowest BCUT2D eigenvalue weighted by atomic mass is 10.1. The highest BCUT2D eigenvalue weighted by atomic mass is 16.5. The smallest absolute Gasteiger partial charge is 0.273 e. The van der Waals surface area contributed by atoms with Crippen LogP contribution in [0.25, 0.3) is 11.3 Å². The van der Waals surface area contributed by atoms with Gasteiger partial charge in [-0.2, -0.15) is 0 Å². The van der Waals surface area contributed by atoms with E-state index in [-0.39, 0.29) is 18.1 Å². The third-order valence-electron chi connectivity index (χ3n) is 2.77. The van der Waals surface area contributed by atoms with Crippen molar-refractivity contribution in [1.82, 2.24) is 10.5 Å². The summed E-state index contributed by atoms with van der Waals surface area (Å²) in [5.41, 5.74) is 1.07. The van der Waals surface area contributed by atoms with Crippen molar-refractivity contribution in [2.24, 2.45) is 0 Å². The molecule has 1 unspecified atom stereocenters. The number of hydrogen-bond donors (Lipinski definition) is 2. The quantitative estimate of drug-likeness (QED) is 0.860. The number of aromatic nitrogens is 1. The number of rotatable bonds is 5. The van der Waals surface area contributed by atoms with Gasteiger partial charge in [-0.1, -0.05) is 42.4 Å². The van der Waals surface area contributed by atoms with Crippen molar-refractivity contribution in [3.05, 3.63) is 42.1 Å². The maximum atomic E-state index is 11.8. The third-order valence-corrected chi connectivity index (χ3v) is 2.77. The molecule has 1 aromatic heterocycles. The number of hydrogen-bond acceptors (Lipinski definition) is 4. The van der Waals surface area contributed by atoms with E-state index in [9.17, 15) is 9.90 Å². The fourth-order valence-corrected chi connectivity index (χ4v) is 1.57. The molecular formula is C14H16N2O3. The van der Waals surface area contributed by atoms with E-state index in [0.717, 1.165) is 5.56 Å². The number of carbonyl (C=O) groups is 1. The van der Waals surface area contributed by atoms with Gasteiger partial charge in [-0.25, -0.2) is 0 Å². The van der Waals surface area contributed by atoms with Crippen LogP contribution in [0.2, 0.25) is 0 Å². The van der Waals surface area contributed by atoms with Crippen LogP contribution in [-0.2, 0) is 0 Å². The summed E-state index contributed by atoms with van der Waals surface area (Å²) in [6.45, 7) is 2.06. The van der Waals surface area contributed by atoms with E-state index in [1.807, 2.05) is 37.3 Å². The van der Waals surface area contributed by atoms with Gasteiger partial charge in [-0.05, 0) is 6.42 Å². The molecule has 0 aliphatic carbocycles. The predicted molar refractivity (Wildman–Crippen MR) is 70.6 cm³/mol. The summed E-state index contributed by atoms with van der Waals surface area (Å²) in [4.78, 5) is 11.8. The number of nitrogens with zero attached hydrogens (tertiary/aromatic N) is 1. The van der Waals surface area contributed by atoms with Crippen molar-refractivity contribution in [2.45, 2.75) is 19.4 Å². The van der Waals surface area contributed by atoms with Crippen LogP contribution in [0.3, 0.4) is 0 Å². The molecular weight excluding hydrogens is 244 g/mol. The molecule has 2 N–H and O–H groups in total. The van der Waals surface area contributed by atoms with E-state index in [1.165, 1.54) is 0 Å². The minimum atomic E-state index is -0.538. The Morgan fingerprint density at radius 2 is 2.16 bits per heavy atom. The van der Waals surface area contributed by atoms with Gasteiger partial charge < -0.3 is 14.9 Å². The molecule has 0 fully saturated rings. The summed E-state index contributed by atoms with van der Waals surface area (Å²) in [5.74, 6) is 0.195. The van der Waals surface area contributed by atoms with Gasteiger partial charge >= 0.3 is 0 Å². The Kier molecular flexibility index (Phi) is 4.30. The number of nitrogens with one attached hydrogen (secondary N) is 1. The Morgan fingerprint density at radius 1 is 1.42 bits per heavy atom. The van der Waals surface area contributed by atoms with Crippen molar-refractivity contribution in [3.63, 3.8) is 0 Å². The van der Waals surface area contributed by atoms with Crippen LogP contribution in [0.15, 0.2) is 40.9 Å². The SMILES string of the molecule is CCC(O)CNC(=O)c1cc(-c2ccccc2)on1. The fourth-order valence-electron chi connectivity index (χ4n) is 1.57. The lowest BCUT2D eigenvalue weighted by Crippen LogP contribution is -2.31. The van der Waals surface area contributed by atoms with E-state index in [0.29, 0.717) is 12.2 Å². The minimum absolute atomic E-state index is 0.210. The first-order valence-corrected chi connectivity index (χ1v) is 6.19. The van der Waals surface area contributed by atoms with Gasteiger partial charge in [0.25, 0.3) is 5.91 Å². The van der Waals surface area contributed by atoms with Crippen molar-refractivity contribution in [1.29, 1.82) is 0 Å². The van der Waals surface area contributed by atoms with Gasteiger partial charge in [0.2, 0.25) is 0 Å². The summed E-state index contributed by atoms with van der Waals surface area (Å²) in [7, 11) is 0. The van der Waals surface area contributed by atoms with Gasteiger partial charge in [0.1, 0.15) is 0 Å². The van der Waals surface area contributed by atoms with E-state index in [1.54, 1.807) is 6.07 Å². The fraction of sp³-hybridized carbons (Fsp3) is 0.286. The summed E-state index contributed by atoms with van der Waals surface area (Å²) in [6, 6.07) is 11.0. The van der Waals surface area contributed by atoms with Crippen molar-refractivity contribution in [2.75, 3.05) is 6.54 Å². The molecule has 0 saturated heterocycles. The summed E-state index contributed by atoms with van der Waals surface area (Å²) < 4.78 is 5.13. The molecule has 0 saturated carbocycles. The van der Waals surface area contributed by atoms with Crippen LogP contribution < -0.4 is 5.32 Å². The second kappa shape index (κ2) is 6.15. The molecule has 1 heterocycles. The second-order valence-corrected chi connectivity index (χ2v) is 4.21. The van der Waals surface area contributed by atoms with E-state index in [4.69, 9.17) is 4.52 Å². The van der Waals surface area contributed by atoms with Crippen molar-refractivity contribution < 1.29 is 14.4 Å². The monoisotopic (exact) mass is 260 g/mol. The molecule has 5 nitrogen and oxygen atoms in total. The molecule has 1 amide bonds. The molecule has 2 rings (SSSR count). The van der Waals surface area contributed by atoms with Gasteiger partial charge in [-0.3, -0.25) is 4.79 Å². The number of aliphatic hydroxyl groups excluding tert-OH is 1. The minimum Gasteiger partial charge on any atom is -0.391 e. The summed E-state index contributed by atoms with van der Waals surface area (Å²) >= 11 is 0. The highest BCUT2D eigenvalue weighted by Gasteiger charge is 2.14. The van der Waals surface area contributed by atoms with Crippen LogP contribution in [-0.4, -0.2) is 28.8 Å². The molecule has 1 atom stereocenters. The average Bonchev–Trinajstić information content (AvgIpc) is 2.95. The molecule has 0 spiro atoms. The normalized spacial score (nSPS) is 12.1. The second-order valence-electron chi connectivity index (χ2n) is 4.21. The first-order chi connectivity index (χ1) is 9.20. The Balaban J connectivity index is 2.03. The molecule has 19 heavy (non-hydrogen) atoms. The van der Waals surface area contributed by atoms with Crippen molar-refractivity contribution in [3.8, 4) is 11.3 Å². The topological polar surface area (TPSA) is 75.4 Å². The molecule has 0 bridgehead atoms. The van der Waals surface area contributed by atoms with Gasteiger partial charge in [0.05, 0.1) is 6.10 Å². The predicted octanol–water partition coefficient (Wildman–Crippen LogP) is 1.84. The Hall–Kier alpha value is -2.14. The third kappa shape index (κ3) is 3.42. The zero-order valence-electron chi connectivity index (χ0n) is 10.7. The standard InChI is InChI=1S/C14H16N2O3/c1-2-11(17)9-15-14(18)12-8-13(19-16-12)10-6-4-3-5-7-10/h3-8,11,17H,2,9H2,1H3,(H,15,18). The molecule has 0 aliphatic heterocycles. The molecule has 1 aromatic carbocycles. The summed E-state index contributed by atoms with van der Waals surface area (Å²) in [5, 5.41) is 15.7. The highest BCUT2D eigenvalue weighted by Crippen LogP contribution is 2.19. The van der Waals surface area contributed by atoms with E-state index >= 15 is 0 Å². The van der Waals surface area contributed by atoms with Crippen LogP contribution >= 0.6 is 0 Å². The first kappa shape index (κ1) is 13.3. The maximum Gasteiger partial charge on any atom is 0.273 e. The largest absolute Gasteiger partial charge is 0.391 e. The summed E-state index contributed by atoms with van der Waals surface area (Å²) in [6.07, 6.45) is 0.0541. The number of benzene rings is 1. The van der Waals surface area contributed by atoms with E-state index in [2.05, 4.69) is 10.5 Å². The van der Waals surface area contributed by atoms with Gasteiger partial charge in [0, 0.05) is 18.2 Å². The Bertz CT molecular complexity index is 537. The van der Waals surface area contributed by atoms with Gasteiger partial charge in [-0.15, -0.1) is 0 Å². The highest BCUT2D eigenvalue weighted by molar-refractivity contribution is 5.93. The van der Waals surface area contributed by atoms with Gasteiger partial charge in [0.15, 0.2) is 11.5 Å². The average molecular weight is 260 g/mol. The van der Waals surface area contributed by atoms with Crippen molar-refractivity contribution >= 4 is 5.91 Å². The molecule has 0 aliphatic rings. The molecule has 100 valence electrons. The van der Waals surface area contributed by atoms with Crippen LogP contribution in [0.5, 0.6) is 0 Å². The zero-order valence-corrected chi connectivity index (χ0v) is 10.7. The lowest BCUT2D eigenvalue weighted by Gasteiger charge is -2.07. The Morgan fingerprint density at radius 3 is 2.84 bits per heavy atom. The van der Waals surface area contributed by atoms with Crippen LogP contribution in [0.4, 0.5) is 0 Å². The molecule has 5 heteroatoms. The van der Waals surface area contributed by atoms with Crippen LogP contribution in [0, 0.1) is 0 Å².